The van der Waals surface area contributed by atoms with Crippen LogP contribution in [0, 0.1) is 5.92 Å². The van der Waals surface area contributed by atoms with Crippen LogP contribution >= 0.6 is 0 Å². The van der Waals surface area contributed by atoms with Crippen LogP contribution in [0.4, 0.5) is 5.69 Å². The summed E-state index contributed by atoms with van der Waals surface area (Å²) in [5.74, 6) is 0.836. The molecular weight excluding hydrogens is 368 g/mol. The molecule has 2 N–H and O–H groups in total. The predicted molar refractivity (Wildman–Crippen MR) is 127 cm³/mol. The van der Waals surface area contributed by atoms with Crippen LogP contribution in [0.2, 0.25) is 0 Å². The topological polar surface area (TPSA) is 41.9 Å². The Morgan fingerprint density at radius 1 is 1.13 bits per heavy atom. The molecule has 0 bridgehead atoms. The van der Waals surface area contributed by atoms with Crippen LogP contribution in [-0.2, 0) is 7.05 Å². The van der Waals surface area contributed by atoms with Gasteiger partial charge in [0.15, 0.2) is 0 Å². The summed E-state index contributed by atoms with van der Waals surface area (Å²) in [4.78, 5) is 4.97. The molecule has 4 nitrogen and oxygen atoms in total. The first-order valence-electron chi connectivity index (χ1n) is 11.2. The van der Waals surface area contributed by atoms with Crippen LogP contribution in [0.5, 0.6) is 0 Å². The molecule has 2 aromatic carbocycles. The number of aryl methyl sites for hydroxylation is 1. The van der Waals surface area contributed by atoms with Crippen LogP contribution in [0.15, 0.2) is 60.8 Å². The molecule has 1 atom stereocenters. The minimum atomic E-state index is 0.836. The number of hydrogen-bond acceptors (Lipinski definition) is 3. The zero-order valence-corrected chi connectivity index (χ0v) is 17.7. The van der Waals surface area contributed by atoms with Crippen molar-refractivity contribution in [3.05, 3.63) is 60.8 Å². The number of aromatic nitrogens is 2. The lowest BCUT2D eigenvalue weighted by Gasteiger charge is -2.22. The third-order valence-corrected chi connectivity index (χ3v) is 6.40. The number of pyridine rings is 1. The minimum Gasteiger partial charge on any atom is -0.384 e. The van der Waals surface area contributed by atoms with Gasteiger partial charge < -0.3 is 15.2 Å². The Kier molecular flexibility index (Phi) is 5.41. The molecule has 1 aliphatic heterocycles. The van der Waals surface area contributed by atoms with Crippen molar-refractivity contribution in [1.29, 1.82) is 0 Å². The van der Waals surface area contributed by atoms with E-state index in [1.165, 1.54) is 60.7 Å². The first-order chi connectivity index (χ1) is 14.8. The van der Waals surface area contributed by atoms with Gasteiger partial charge in [0.1, 0.15) is 0 Å². The van der Waals surface area contributed by atoms with Gasteiger partial charge in [0.05, 0.1) is 11.2 Å². The highest BCUT2D eigenvalue weighted by atomic mass is 14.9. The molecule has 4 heteroatoms. The van der Waals surface area contributed by atoms with Crippen molar-refractivity contribution in [2.24, 2.45) is 13.0 Å². The Balaban J connectivity index is 1.39. The molecule has 5 rings (SSSR count). The largest absolute Gasteiger partial charge is 0.384 e. The molecule has 3 heterocycles. The lowest BCUT2D eigenvalue weighted by atomic mass is 9.95. The van der Waals surface area contributed by atoms with Gasteiger partial charge in [0, 0.05) is 47.3 Å². The number of benzene rings is 2. The van der Waals surface area contributed by atoms with Crippen LogP contribution in [0.1, 0.15) is 25.7 Å². The summed E-state index contributed by atoms with van der Waals surface area (Å²) >= 11 is 0. The highest BCUT2D eigenvalue weighted by Gasteiger charge is 2.13. The summed E-state index contributed by atoms with van der Waals surface area (Å²) in [5.41, 5.74) is 5.66. The number of fused-ring (bicyclic) bond motifs is 2. The van der Waals surface area contributed by atoms with E-state index in [1.54, 1.807) is 0 Å². The Morgan fingerprint density at radius 2 is 2.07 bits per heavy atom. The van der Waals surface area contributed by atoms with Crippen molar-refractivity contribution in [3.63, 3.8) is 0 Å². The van der Waals surface area contributed by atoms with Gasteiger partial charge in [-0.25, -0.2) is 4.98 Å². The summed E-state index contributed by atoms with van der Waals surface area (Å²) < 4.78 is 2.15. The molecular formula is C26H30N4. The van der Waals surface area contributed by atoms with E-state index in [0.29, 0.717) is 0 Å². The highest BCUT2D eigenvalue weighted by Crippen LogP contribution is 2.30. The van der Waals surface area contributed by atoms with E-state index in [-0.39, 0.29) is 0 Å². The number of hydrogen-bond donors (Lipinski definition) is 2. The maximum atomic E-state index is 4.97. The first kappa shape index (κ1) is 19.1. The van der Waals surface area contributed by atoms with Crippen molar-refractivity contribution in [3.8, 4) is 11.3 Å². The zero-order valence-electron chi connectivity index (χ0n) is 17.7. The smallest absolute Gasteiger partial charge is 0.0730 e. The maximum Gasteiger partial charge on any atom is 0.0730 e. The quantitative estimate of drug-likeness (QED) is 0.416. The standard InChI is InChI=1S/C26H30N4/c1-30-15-12-21-16-20(10-11-26(21)30)24-17-25(22-8-2-3-9-23(22)29-24)28-14-5-7-19-6-4-13-27-18-19/h2-3,8-12,15-17,19,27H,4-7,13-14,18H2,1H3,(H,28,29). The summed E-state index contributed by atoms with van der Waals surface area (Å²) in [7, 11) is 2.09. The molecule has 0 aliphatic carbocycles. The summed E-state index contributed by atoms with van der Waals surface area (Å²) in [6, 6.07) is 19.4. The van der Waals surface area contributed by atoms with E-state index in [0.717, 1.165) is 29.2 Å². The van der Waals surface area contributed by atoms with Gasteiger partial charge in [-0.3, -0.25) is 0 Å². The van der Waals surface area contributed by atoms with Crippen molar-refractivity contribution in [1.82, 2.24) is 14.9 Å². The maximum absolute atomic E-state index is 4.97. The minimum absolute atomic E-state index is 0.836. The van der Waals surface area contributed by atoms with Gasteiger partial charge in [-0.15, -0.1) is 0 Å². The van der Waals surface area contributed by atoms with Gasteiger partial charge >= 0.3 is 0 Å². The molecule has 2 aromatic heterocycles. The monoisotopic (exact) mass is 398 g/mol. The van der Waals surface area contributed by atoms with E-state index < -0.39 is 0 Å². The molecule has 1 unspecified atom stereocenters. The summed E-state index contributed by atoms with van der Waals surface area (Å²) in [6.45, 7) is 3.38. The highest BCUT2D eigenvalue weighted by molar-refractivity contribution is 5.94. The van der Waals surface area contributed by atoms with Crippen LogP contribution in [0.3, 0.4) is 0 Å². The Bertz CT molecular complexity index is 1150. The summed E-state index contributed by atoms with van der Waals surface area (Å²) in [5, 5.41) is 9.69. The van der Waals surface area contributed by atoms with Crippen LogP contribution in [0.25, 0.3) is 33.1 Å². The van der Waals surface area contributed by atoms with Gasteiger partial charge in [-0.2, -0.15) is 0 Å². The average molecular weight is 399 g/mol. The number of nitrogens with one attached hydrogen (secondary N) is 2. The third kappa shape index (κ3) is 3.92. The summed E-state index contributed by atoms with van der Waals surface area (Å²) in [6.07, 6.45) is 7.30. The molecule has 4 aromatic rings. The normalized spacial score (nSPS) is 16.9. The second-order valence-corrected chi connectivity index (χ2v) is 8.55. The van der Waals surface area contributed by atoms with E-state index in [9.17, 15) is 0 Å². The first-order valence-corrected chi connectivity index (χ1v) is 11.2. The number of piperidine rings is 1. The molecule has 30 heavy (non-hydrogen) atoms. The molecule has 154 valence electrons. The molecule has 1 saturated heterocycles. The molecule has 1 aliphatic rings. The van der Waals surface area contributed by atoms with Crippen LogP contribution < -0.4 is 10.6 Å². The van der Waals surface area contributed by atoms with Crippen molar-refractivity contribution in [2.75, 3.05) is 25.0 Å². The average Bonchev–Trinajstić information content (AvgIpc) is 3.17. The number of rotatable bonds is 6. The van der Waals surface area contributed by atoms with Crippen molar-refractivity contribution < 1.29 is 0 Å². The van der Waals surface area contributed by atoms with E-state index in [1.807, 2.05) is 0 Å². The third-order valence-electron chi connectivity index (χ3n) is 6.40. The van der Waals surface area contributed by atoms with E-state index in [4.69, 9.17) is 4.98 Å². The van der Waals surface area contributed by atoms with Gasteiger partial charge in [0.25, 0.3) is 0 Å². The fourth-order valence-corrected chi connectivity index (χ4v) is 4.69. The number of para-hydroxylation sites is 1. The lowest BCUT2D eigenvalue weighted by molar-refractivity contribution is 0.353. The van der Waals surface area contributed by atoms with E-state index in [2.05, 4.69) is 83.0 Å². The number of anilines is 1. The van der Waals surface area contributed by atoms with Crippen LogP contribution in [-0.4, -0.2) is 29.2 Å². The Hall–Kier alpha value is -2.85. The Labute approximate surface area is 178 Å². The fourth-order valence-electron chi connectivity index (χ4n) is 4.69. The SMILES string of the molecule is Cn1ccc2cc(-c3cc(NCCCC4CCCNC4)c4ccccc4n3)ccc21. The second kappa shape index (κ2) is 8.49. The molecule has 0 amide bonds. The molecule has 0 spiro atoms. The van der Waals surface area contributed by atoms with E-state index >= 15 is 0 Å². The van der Waals surface area contributed by atoms with Gasteiger partial charge in [-0.1, -0.05) is 24.3 Å². The van der Waals surface area contributed by atoms with Gasteiger partial charge in [-0.05, 0) is 75.0 Å². The predicted octanol–water partition coefficient (Wildman–Crippen LogP) is 5.59. The van der Waals surface area contributed by atoms with Gasteiger partial charge in [0.2, 0.25) is 0 Å². The molecule has 0 radical (unpaired) electrons. The zero-order chi connectivity index (χ0) is 20.3. The molecule has 0 saturated carbocycles. The Morgan fingerprint density at radius 3 is 2.97 bits per heavy atom. The fraction of sp³-hybridized carbons (Fsp3) is 0.346. The van der Waals surface area contributed by atoms with Crippen molar-refractivity contribution >= 4 is 27.5 Å². The number of nitrogens with zero attached hydrogens (tertiary/aromatic N) is 2. The second-order valence-electron chi connectivity index (χ2n) is 8.55. The van der Waals surface area contributed by atoms with Crippen molar-refractivity contribution in [2.45, 2.75) is 25.7 Å². The molecule has 1 fully saturated rings. The lowest BCUT2D eigenvalue weighted by Crippen LogP contribution is -2.29.